The van der Waals surface area contributed by atoms with Gasteiger partial charge in [-0.1, -0.05) is 74.5 Å². The second-order valence-corrected chi connectivity index (χ2v) is 10.6. The molecule has 0 aliphatic carbocycles. The van der Waals surface area contributed by atoms with Crippen LogP contribution in [0.25, 0.3) is 0 Å². The van der Waals surface area contributed by atoms with Gasteiger partial charge in [0.1, 0.15) is 0 Å². The van der Waals surface area contributed by atoms with Gasteiger partial charge in [0.15, 0.2) is 0 Å². The van der Waals surface area contributed by atoms with E-state index in [-0.39, 0.29) is 0 Å². The minimum absolute atomic E-state index is 0.374. The summed E-state index contributed by atoms with van der Waals surface area (Å²) in [6, 6.07) is 21.7. The van der Waals surface area contributed by atoms with E-state index in [0.717, 1.165) is 78.7 Å². The van der Waals surface area contributed by atoms with Crippen molar-refractivity contribution in [2.24, 2.45) is 0 Å². The Hall–Kier alpha value is -1.80. The fraction of sp³-hybridized carbons (Fsp3) is 0.625. The van der Waals surface area contributed by atoms with Crippen LogP contribution in [0.5, 0.6) is 0 Å². The highest BCUT2D eigenvalue weighted by Crippen LogP contribution is 2.10. The molecule has 0 saturated carbocycles. The SMILES string of the molecule is CCN1CCN(CC)CCN(C(C)COCc2ccccc2)CCN(C(C)COCc2ccccc2)CC1. The van der Waals surface area contributed by atoms with E-state index >= 15 is 0 Å². The highest BCUT2D eigenvalue weighted by atomic mass is 16.5. The van der Waals surface area contributed by atoms with Gasteiger partial charge in [-0.05, 0) is 38.1 Å². The molecular weight excluding hydrogens is 472 g/mol. The topological polar surface area (TPSA) is 31.4 Å². The maximum absolute atomic E-state index is 6.16. The average molecular weight is 525 g/mol. The minimum Gasteiger partial charge on any atom is -0.375 e. The van der Waals surface area contributed by atoms with Crippen LogP contribution in [-0.2, 0) is 22.7 Å². The zero-order chi connectivity index (χ0) is 27.0. The number of hydrogen-bond acceptors (Lipinski definition) is 6. The summed E-state index contributed by atoms with van der Waals surface area (Å²) < 4.78 is 12.3. The fourth-order valence-corrected chi connectivity index (χ4v) is 5.09. The second-order valence-electron chi connectivity index (χ2n) is 10.6. The van der Waals surface area contributed by atoms with Gasteiger partial charge in [-0.15, -0.1) is 0 Å². The Labute approximate surface area is 232 Å². The first kappa shape index (κ1) is 30.7. The zero-order valence-corrected chi connectivity index (χ0v) is 24.4. The molecule has 0 amide bonds. The Bertz CT molecular complexity index is 782. The van der Waals surface area contributed by atoms with Gasteiger partial charge in [0.2, 0.25) is 0 Å². The van der Waals surface area contributed by atoms with Crippen molar-refractivity contribution in [2.75, 3.05) is 78.7 Å². The van der Waals surface area contributed by atoms with Gasteiger partial charge >= 0.3 is 0 Å². The third-order valence-corrected chi connectivity index (χ3v) is 7.90. The summed E-state index contributed by atoms with van der Waals surface area (Å²) in [4.78, 5) is 10.5. The van der Waals surface area contributed by atoms with Crippen LogP contribution in [0.15, 0.2) is 60.7 Å². The van der Waals surface area contributed by atoms with Crippen molar-refractivity contribution < 1.29 is 9.47 Å². The van der Waals surface area contributed by atoms with E-state index in [1.54, 1.807) is 0 Å². The maximum Gasteiger partial charge on any atom is 0.0717 e. The highest BCUT2D eigenvalue weighted by molar-refractivity contribution is 5.14. The number of likely N-dealkylation sites (N-methyl/N-ethyl adjacent to an activating group) is 2. The van der Waals surface area contributed by atoms with E-state index in [1.165, 1.54) is 11.1 Å². The Kier molecular flexibility index (Phi) is 14.3. The van der Waals surface area contributed by atoms with Crippen molar-refractivity contribution in [3.63, 3.8) is 0 Å². The van der Waals surface area contributed by atoms with E-state index in [4.69, 9.17) is 9.47 Å². The van der Waals surface area contributed by atoms with E-state index < -0.39 is 0 Å². The van der Waals surface area contributed by atoms with Crippen molar-refractivity contribution >= 4 is 0 Å². The van der Waals surface area contributed by atoms with E-state index in [1.807, 2.05) is 0 Å². The largest absolute Gasteiger partial charge is 0.375 e. The molecule has 2 atom stereocenters. The van der Waals surface area contributed by atoms with E-state index in [0.29, 0.717) is 25.3 Å². The third-order valence-electron chi connectivity index (χ3n) is 7.90. The second kappa shape index (κ2) is 17.7. The van der Waals surface area contributed by atoms with Gasteiger partial charge in [-0.25, -0.2) is 0 Å². The molecule has 0 radical (unpaired) electrons. The summed E-state index contributed by atoms with van der Waals surface area (Å²) in [5.74, 6) is 0. The Morgan fingerprint density at radius 2 is 0.895 bits per heavy atom. The predicted octanol–water partition coefficient (Wildman–Crippen LogP) is 4.46. The molecule has 0 spiro atoms. The van der Waals surface area contributed by atoms with E-state index in [2.05, 4.69) is 108 Å². The van der Waals surface area contributed by atoms with Crippen LogP contribution in [0, 0.1) is 0 Å². The molecule has 6 heteroatoms. The first-order valence-electron chi connectivity index (χ1n) is 14.7. The molecule has 2 aromatic carbocycles. The normalized spacial score (nSPS) is 19.5. The van der Waals surface area contributed by atoms with Crippen molar-refractivity contribution in [3.05, 3.63) is 71.8 Å². The lowest BCUT2D eigenvalue weighted by Crippen LogP contribution is -2.50. The molecular formula is C32H52N4O2. The van der Waals surface area contributed by atoms with Crippen LogP contribution in [0.1, 0.15) is 38.8 Å². The molecule has 0 aromatic heterocycles. The molecule has 0 bridgehead atoms. The van der Waals surface area contributed by atoms with Crippen LogP contribution < -0.4 is 0 Å². The molecule has 38 heavy (non-hydrogen) atoms. The molecule has 0 N–H and O–H groups in total. The summed E-state index contributed by atoms with van der Waals surface area (Å²) in [7, 11) is 0. The number of rotatable bonds is 12. The van der Waals surface area contributed by atoms with Crippen LogP contribution in [0.3, 0.4) is 0 Å². The van der Waals surface area contributed by atoms with Crippen LogP contribution in [-0.4, -0.2) is 110 Å². The smallest absolute Gasteiger partial charge is 0.0717 e. The van der Waals surface area contributed by atoms with Gasteiger partial charge in [-0.2, -0.15) is 0 Å². The molecule has 212 valence electrons. The first-order chi connectivity index (χ1) is 18.6. The van der Waals surface area contributed by atoms with Gasteiger partial charge in [-0.3, -0.25) is 9.80 Å². The lowest BCUT2D eigenvalue weighted by Gasteiger charge is -2.37. The maximum atomic E-state index is 6.16. The summed E-state index contributed by atoms with van der Waals surface area (Å²) in [5.41, 5.74) is 2.48. The molecule has 3 rings (SSSR count). The van der Waals surface area contributed by atoms with Crippen molar-refractivity contribution in [2.45, 2.75) is 53.0 Å². The zero-order valence-electron chi connectivity index (χ0n) is 24.4. The number of nitrogens with zero attached hydrogens (tertiary/aromatic N) is 4. The summed E-state index contributed by atoms with van der Waals surface area (Å²) in [5, 5.41) is 0. The van der Waals surface area contributed by atoms with Crippen LogP contribution in [0.4, 0.5) is 0 Å². The summed E-state index contributed by atoms with van der Waals surface area (Å²) in [6.45, 7) is 23.0. The first-order valence-corrected chi connectivity index (χ1v) is 14.7. The third kappa shape index (κ3) is 11.1. The lowest BCUT2D eigenvalue weighted by atomic mass is 10.2. The molecule has 1 aliphatic rings. The van der Waals surface area contributed by atoms with Crippen molar-refractivity contribution in [1.82, 2.24) is 19.6 Å². The number of hydrogen-bond donors (Lipinski definition) is 0. The number of benzene rings is 2. The van der Waals surface area contributed by atoms with Gasteiger partial charge in [0.25, 0.3) is 0 Å². The number of ether oxygens (including phenoxy) is 2. The molecule has 1 saturated heterocycles. The standard InChI is InChI=1S/C32H52N4O2/c1-5-33-17-18-34(6-2)20-22-36(30(4)26-38-28-32-15-11-8-12-16-32)24-23-35(21-19-33)29(3)25-37-27-31-13-9-7-10-14-31/h7-16,29-30H,5-6,17-28H2,1-4H3. The van der Waals surface area contributed by atoms with Crippen molar-refractivity contribution in [3.8, 4) is 0 Å². The van der Waals surface area contributed by atoms with Crippen LogP contribution >= 0.6 is 0 Å². The van der Waals surface area contributed by atoms with Gasteiger partial charge in [0.05, 0.1) is 26.4 Å². The summed E-state index contributed by atoms with van der Waals surface area (Å²) in [6.07, 6.45) is 0. The minimum atomic E-state index is 0.374. The summed E-state index contributed by atoms with van der Waals surface area (Å²) >= 11 is 0. The van der Waals surface area contributed by atoms with Gasteiger partial charge in [0, 0.05) is 64.4 Å². The lowest BCUT2D eigenvalue weighted by molar-refractivity contribution is 0.0264. The Balaban J connectivity index is 1.59. The van der Waals surface area contributed by atoms with Crippen LogP contribution in [0.2, 0.25) is 0 Å². The quantitative estimate of drug-likeness (QED) is 0.408. The molecule has 1 fully saturated rings. The van der Waals surface area contributed by atoms with Gasteiger partial charge < -0.3 is 19.3 Å². The highest BCUT2D eigenvalue weighted by Gasteiger charge is 2.21. The molecule has 6 nitrogen and oxygen atoms in total. The fourth-order valence-electron chi connectivity index (χ4n) is 5.09. The predicted molar refractivity (Wildman–Crippen MR) is 158 cm³/mol. The molecule has 1 aliphatic heterocycles. The monoisotopic (exact) mass is 524 g/mol. The molecule has 2 unspecified atom stereocenters. The van der Waals surface area contributed by atoms with E-state index in [9.17, 15) is 0 Å². The average Bonchev–Trinajstić information content (AvgIpc) is 2.94. The molecule has 2 aromatic rings. The van der Waals surface area contributed by atoms with Crippen molar-refractivity contribution in [1.29, 1.82) is 0 Å². The Morgan fingerprint density at radius 3 is 1.26 bits per heavy atom. The Morgan fingerprint density at radius 1 is 0.553 bits per heavy atom. The molecule has 1 heterocycles.